The molecule has 0 aliphatic rings. The molecule has 6 nitrogen and oxygen atoms in total. The molecule has 0 bridgehead atoms. The molecule has 0 aliphatic heterocycles. The number of oxime groups is 1. The van der Waals surface area contributed by atoms with Crippen molar-refractivity contribution in [2.75, 3.05) is 6.54 Å². The van der Waals surface area contributed by atoms with Crippen molar-refractivity contribution in [3.05, 3.63) is 29.0 Å². The second kappa shape index (κ2) is 5.92. The van der Waals surface area contributed by atoms with Crippen molar-refractivity contribution in [3.8, 4) is 0 Å². The van der Waals surface area contributed by atoms with E-state index in [0.717, 1.165) is 0 Å². The van der Waals surface area contributed by atoms with Gasteiger partial charge in [0, 0.05) is 25.4 Å². The Morgan fingerprint density at radius 1 is 1.69 bits per heavy atom. The zero-order valence-corrected chi connectivity index (χ0v) is 9.11. The van der Waals surface area contributed by atoms with Crippen molar-refractivity contribution in [1.29, 1.82) is 0 Å². The molecule has 0 spiro atoms. The third-order valence-corrected chi connectivity index (χ3v) is 2.11. The van der Waals surface area contributed by atoms with Crippen LogP contribution in [0.3, 0.4) is 0 Å². The molecular formula is C9H11ClN4O2. The van der Waals surface area contributed by atoms with Gasteiger partial charge in [-0.15, -0.1) is 0 Å². The van der Waals surface area contributed by atoms with Crippen molar-refractivity contribution >= 4 is 23.3 Å². The third kappa shape index (κ3) is 3.39. The summed E-state index contributed by atoms with van der Waals surface area (Å²) in [5.74, 6) is -0.265. The van der Waals surface area contributed by atoms with Gasteiger partial charge in [0.2, 0.25) is 0 Å². The number of hydrogen-bond donors (Lipinski definition) is 3. The zero-order valence-electron chi connectivity index (χ0n) is 8.35. The first-order chi connectivity index (χ1) is 7.65. The average molecular weight is 243 g/mol. The first-order valence-corrected chi connectivity index (χ1v) is 4.87. The van der Waals surface area contributed by atoms with Crippen molar-refractivity contribution in [2.45, 2.75) is 6.42 Å². The standard InChI is InChI=1S/C9H11ClN4O2/c10-7-5-12-3-1-6(7)9(15)13-4-2-8(11)14-16/h1,3,5,16H,2,4H2,(H2,11,14)(H,13,15). The van der Waals surface area contributed by atoms with Crippen molar-refractivity contribution in [2.24, 2.45) is 10.9 Å². The van der Waals surface area contributed by atoms with Gasteiger partial charge in [-0.3, -0.25) is 9.78 Å². The SMILES string of the molecule is NC(CCNC(=O)c1ccncc1Cl)=NO. The molecule has 4 N–H and O–H groups in total. The zero-order chi connectivity index (χ0) is 12.0. The molecule has 1 aromatic rings. The third-order valence-electron chi connectivity index (χ3n) is 1.81. The lowest BCUT2D eigenvalue weighted by Crippen LogP contribution is -2.28. The number of carbonyl (C=O) groups excluding carboxylic acids is 1. The Bertz CT molecular complexity index is 408. The maximum atomic E-state index is 11.6. The highest BCUT2D eigenvalue weighted by Gasteiger charge is 2.08. The number of carbonyl (C=O) groups is 1. The Kier molecular flexibility index (Phi) is 4.53. The number of rotatable bonds is 4. The highest BCUT2D eigenvalue weighted by Crippen LogP contribution is 2.12. The minimum absolute atomic E-state index is 0.0566. The highest BCUT2D eigenvalue weighted by molar-refractivity contribution is 6.33. The summed E-state index contributed by atoms with van der Waals surface area (Å²) < 4.78 is 0. The Morgan fingerprint density at radius 2 is 2.44 bits per heavy atom. The highest BCUT2D eigenvalue weighted by atomic mass is 35.5. The summed E-state index contributed by atoms with van der Waals surface area (Å²) in [7, 11) is 0. The number of aromatic nitrogens is 1. The van der Waals surface area contributed by atoms with Crippen LogP contribution < -0.4 is 11.1 Å². The smallest absolute Gasteiger partial charge is 0.252 e. The second-order valence-electron chi connectivity index (χ2n) is 2.95. The minimum atomic E-state index is -0.321. The number of nitrogens with two attached hydrogens (primary N) is 1. The fourth-order valence-electron chi connectivity index (χ4n) is 1.01. The first-order valence-electron chi connectivity index (χ1n) is 4.49. The number of nitrogens with zero attached hydrogens (tertiary/aromatic N) is 2. The first kappa shape index (κ1) is 12.3. The fourth-order valence-corrected chi connectivity index (χ4v) is 1.21. The van der Waals surface area contributed by atoms with Gasteiger partial charge >= 0.3 is 0 Å². The monoisotopic (exact) mass is 242 g/mol. The van der Waals surface area contributed by atoms with Crippen LogP contribution in [-0.4, -0.2) is 28.5 Å². The molecule has 0 atom stereocenters. The van der Waals surface area contributed by atoms with Crippen molar-refractivity contribution in [3.63, 3.8) is 0 Å². The molecule has 0 aromatic carbocycles. The van der Waals surface area contributed by atoms with Gasteiger partial charge in [0.15, 0.2) is 0 Å². The molecule has 0 saturated carbocycles. The summed E-state index contributed by atoms with van der Waals surface area (Å²) in [6, 6.07) is 1.52. The lowest BCUT2D eigenvalue weighted by Gasteiger charge is -2.05. The summed E-state index contributed by atoms with van der Waals surface area (Å²) in [6.07, 6.45) is 3.13. The van der Waals surface area contributed by atoms with Gasteiger partial charge in [-0.1, -0.05) is 16.8 Å². The van der Waals surface area contributed by atoms with Crippen LogP contribution in [-0.2, 0) is 0 Å². The van der Waals surface area contributed by atoms with E-state index < -0.39 is 0 Å². The maximum absolute atomic E-state index is 11.6. The molecule has 86 valence electrons. The molecule has 0 saturated heterocycles. The molecule has 1 heterocycles. The Labute approximate surface area is 97.1 Å². The van der Waals surface area contributed by atoms with Crippen LogP contribution in [0.2, 0.25) is 5.02 Å². The Balaban J connectivity index is 2.51. The van der Waals surface area contributed by atoms with Gasteiger partial charge in [-0.25, -0.2) is 0 Å². The van der Waals surface area contributed by atoms with Crippen molar-refractivity contribution in [1.82, 2.24) is 10.3 Å². The quantitative estimate of drug-likeness (QED) is 0.312. The molecule has 1 aromatic heterocycles. The maximum Gasteiger partial charge on any atom is 0.252 e. The van der Waals surface area contributed by atoms with Crippen molar-refractivity contribution < 1.29 is 10.0 Å². The van der Waals surface area contributed by atoms with E-state index in [9.17, 15) is 4.79 Å². The van der Waals surface area contributed by atoms with Gasteiger partial charge < -0.3 is 16.3 Å². The molecule has 16 heavy (non-hydrogen) atoms. The van der Waals surface area contributed by atoms with Crippen LogP contribution >= 0.6 is 11.6 Å². The lowest BCUT2D eigenvalue weighted by atomic mass is 10.2. The van der Waals surface area contributed by atoms with E-state index in [1.807, 2.05) is 0 Å². The second-order valence-corrected chi connectivity index (χ2v) is 3.36. The van der Waals surface area contributed by atoms with E-state index >= 15 is 0 Å². The number of amidine groups is 1. The molecular weight excluding hydrogens is 232 g/mol. The molecule has 0 unspecified atom stereocenters. The summed E-state index contributed by atoms with van der Waals surface area (Å²) in [5, 5.41) is 13.9. The van der Waals surface area contributed by atoms with Gasteiger partial charge in [-0.05, 0) is 6.07 Å². The summed E-state index contributed by atoms with van der Waals surface area (Å²) in [5.41, 5.74) is 5.58. The predicted octanol–water partition coefficient (Wildman–Crippen LogP) is 0.601. The van der Waals surface area contributed by atoms with Crippen LogP contribution in [0.5, 0.6) is 0 Å². The number of hydrogen-bond acceptors (Lipinski definition) is 4. The van der Waals surface area contributed by atoms with E-state index in [4.69, 9.17) is 22.5 Å². The fraction of sp³-hybridized carbons (Fsp3) is 0.222. The van der Waals surface area contributed by atoms with Crippen LogP contribution in [0.1, 0.15) is 16.8 Å². The number of amides is 1. The van der Waals surface area contributed by atoms with E-state index in [0.29, 0.717) is 5.56 Å². The van der Waals surface area contributed by atoms with E-state index in [-0.39, 0.29) is 29.7 Å². The Morgan fingerprint density at radius 3 is 3.06 bits per heavy atom. The summed E-state index contributed by atoms with van der Waals surface area (Å²) >= 11 is 5.78. The number of halogens is 1. The average Bonchev–Trinajstić information content (AvgIpc) is 2.29. The Hall–Kier alpha value is -1.82. The molecule has 1 amide bonds. The molecule has 0 aliphatic carbocycles. The van der Waals surface area contributed by atoms with Gasteiger partial charge in [-0.2, -0.15) is 0 Å². The largest absolute Gasteiger partial charge is 0.409 e. The number of pyridine rings is 1. The van der Waals surface area contributed by atoms with Gasteiger partial charge in [0.1, 0.15) is 5.84 Å². The van der Waals surface area contributed by atoms with Crippen LogP contribution in [0, 0.1) is 0 Å². The number of nitrogens with one attached hydrogen (secondary N) is 1. The van der Waals surface area contributed by atoms with Gasteiger partial charge in [0.25, 0.3) is 5.91 Å². The van der Waals surface area contributed by atoms with E-state index in [1.165, 1.54) is 18.5 Å². The predicted molar refractivity (Wildman–Crippen MR) is 59.6 cm³/mol. The summed E-state index contributed by atoms with van der Waals surface area (Å²) in [4.78, 5) is 15.3. The minimum Gasteiger partial charge on any atom is -0.409 e. The summed E-state index contributed by atoms with van der Waals surface area (Å²) in [6.45, 7) is 0.271. The van der Waals surface area contributed by atoms with Crippen LogP contribution in [0.15, 0.2) is 23.6 Å². The lowest BCUT2D eigenvalue weighted by molar-refractivity contribution is 0.0954. The normalized spacial score (nSPS) is 11.2. The van der Waals surface area contributed by atoms with Crippen LogP contribution in [0.4, 0.5) is 0 Å². The van der Waals surface area contributed by atoms with Gasteiger partial charge in [0.05, 0.1) is 10.6 Å². The molecule has 1 rings (SSSR count). The van der Waals surface area contributed by atoms with E-state index in [1.54, 1.807) is 0 Å². The molecule has 0 fully saturated rings. The topological polar surface area (TPSA) is 101 Å². The molecule has 0 radical (unpaired) electrons. The van der Waals surface area contributed by atoms with Crippen LogP contribution in [0.25, 0.3) is 0 Å². The molecule has 7 heteroatoms. The van der Waals surface area contributed by atoms with E-state index in [2.05, 4.69) is 15.5 Å².